The Bertz CT molecular complexity index is 391. The summed E-state index contributed by atoms with van der Waals surface area (Å²) in [6.07, 6.45) is -4.63. The molecule has 1 aliphatic heterocycles. The van der Waals surface area contributed by atoms with E-state index in [1.165, 1.54) is 12.1 Å². The van der Waals surface area contributed by atoms with Crippen LogP contribution in [0.5, 0.6) is 5.75 Å². The largest absolute Gasteiger partial charge is 0.573 e. The van der Waals surface area contributed by atoms with Gasteiger partial charge in [-0.2, -0.15) is 0 Å². The second-order valence-electron chi connectivity index (χ2n) is 4.34. The summed E-state index contributed by atoms with van der Waals surface area (Å²) in [5.41, 5.74) is 0.915. The van der Waals surface area contributed by atoms with Gasteiger partial charge in [0.2, 0.25) is 0 Å². The van der Waals surface area contributed by atoms with Crippen LogP contribution in [-0.2, 0) is 0 Å². The van der Waals surface area contributed by atoms with Crippen molar-refractivity contribution in [2.45, 2.75) is 19.3 Å². The third-order valence-electron chi connectivity index (χ3n) is 2.80. The first-order chi connectivity index (χ1) is 8.44. The minimum atomic E-state index is -4.63. The van der Waals surface area contributed by atoms with Crippen molar-refractivity contribution in [3.8, 4) is 5.75 Å². The van der Waals surface area contributed by atoms with Gasteiger partial charge in [0.05, 0.1) is 0 Å². The van der Waals surface area contributed by atoms with Crippen LogP contribution in [0.2, 0.25) is 0 Å². The standard InChI is InChI=1S/C12H15F3N2O/c1-9-8-17(7-6-16-9)10-2-4-11(5-3-10)18-12(13,14)15/h2-5,9,16H,6-8H2,1H3. The molecule has 100 valence electrons. The van der Waals surface area contributed by atoms with E-state index >= 15 is 0 Å². The Morgan fingerprint density at radius 2 is 1.94 bits per heavy atom. The van der Waals surface area contributed by atoms with Crippen LogP contribution in [0.3, 0.4) is 0 Å². The molecule has 1 aliphatic rings. The van der Waals surface area contributed by atoms with Crippen molar-refractivity contribution in [3.63, 3.8) is 0 Å². The molecule has 18 heavy (non-hydrogen) atoms. The molecular weight excluding hydrogens is 245 g/mol. The summed E-state index contributed by atoms with van der Waals surface area (Å²) >= 11 is 0. The zero-order valence-corrected chi connectivity index (χ0v) is 10.00. The molecule has 0 bridgehead atoms. The summed E-state index contributed by atoms with van der Waals surface area (Å²) < 4.78 is 39.9. The number of nitrogens with one attached hydrogen (secondary N) is 1. The molecule has 0 radical (unpaired) electrons. The van der Waals surface area contributed by atoms with Gasteiger partial charge in [-0.05, 0) is 31.2 Å². The van der Waals surface area contributed by atoms with Crippen molar-refractivity contribution in [2.24, 2.45) is 0 Å². The van der Waals surface area contributed by atoms with Crippen LogP contribution in [-0.4, -0.2) is 32.0 Å². The molecule has 3 nitrogen and oxygen atoms in total. The lowest BCUT2D eigenvalue weighted by Gasteiger charge is -2.33. The minimum absolute atomic E-state index is 0.186. The summed E-state index contributed by atoms with van der Waals surface area (Å²) in [7, 11) is 0. The Hall–Kier alpha value is -1.43. The highest BCUT2D eigenvalue weighted by Crippen LogP contribution is 2.25. The molecule has 6 heteroatoms. The predicted molar refractivity (Wildman–Crippen MR) is 62.8 cm³/mol. The first-order valence-corrected chi connectivity index (χ1v) is 5.78. The van der Waals surface area contributed by atoms with E-state index in [4.69, 9.17) is 0 Å². The van der Waals surface area contributed by atoms with Gasteiger partial charge < -0.3 is 15.0 Å². The molecule has 0 spiro atoms. The van der Waals surface area contributed by atoms with Crippen molar-refractivity contribution in [3.05, 3.63) is 24.3 Å². The lowest BCUT2D eigenvalue weighted by Crippen LogP contribution is -2.49. The maximum absolute atomic E-state index is 12.0. The van der Waals surface area contributed by atoms with E-state index in [-0.39, 0.29) is 5.75 Å². The number of hydrogen-bond acceptors (Lipinski definition) is 3. The van der Waals surface area contributed by atoms with Crippen LogP contribution < -0.4 is 15.0 Å². The molecule has 2 rings (SSSR count). The van der Waals surface area contributed by atoms with Gasteiger partial charge in [0, 0.05) is 31.4 Å². The van der Waals surface area contributed by atoms with Gasteiger partial charge in [0.15, 0.2) is 0 Å². The fourth-order valence-electron chi connectivity index (χ4n) is 2.03. The number of nitrogens with zero attached hydrogens (tertiary/aromatic N) is 1. The Labute approximate surface area is 104 Å². The van der Waals surface area contributed by atoms with Crippen LogP contribution in [0.1, 0.15) is 6.92 Å². The maximum atomic E-state index is 12.0. The lowest BCUT2D eigenvalue weighted by molar-refractivity contribution is -0.274. The van der Waals surface area contributed by atoms with Crippen LogP contribution in [0.4, 0.5) is 18.9 Å². The Kier molecular flexibility index (Phi) is 3.65. The van der Waals surface area contributed by atoms with E-state index < -0.39 is 6.36 Å². The Balaban J connectivity index is 2.03. The van der Waals surface area contributed by atoms with Gasteiger partial charge in [0.1, 0.15) is 5.75 Å². The number of rotatable bonds is 2. The third-order valence-corrected chi connectivity index (χ3v) is 2.80. The quantitative estimate of drug-likeness (QED) is 0.883. The smallest absolute Gasteiger partial charge is 0.406 e. The Morgan fingerprint density at radius 3 is 2.50 bits per heavy atom. The number of hydrogen-bond donors (Lipinski definition) is 1. The number of piperazine rings is 1. The SMILES string of the molecule is CC1CN(c2ccc(OC(F)(F)F)cc2)CCN1. The van der Waals surface area contributed by atoms with E-state index in [1.54, 1.807) is 12.1 Å². The molecule has 1 aromatic rings. The highest BCUT2D eigenvalue weighted by atomic mass is 19.4. The monoisotopic (exact) mass is 260 g/mol. The molecule has 1 unspecified atom stereocenters. The van der Waals surface area contributed by atoms with Crippen molar-refractivity contribution >= 4 is 5.69 Å². The molecule has 1 saturated heterocycles. The van der Waals surface area contributed by atoms with Crippen LogP contribution >= 0.6 is 0 Å². The molecule has 1 heterocycles. The first-order valence-electron chi connectivity index (χ1n) is 5.78. The fraction of sp³-hybridized carbons (Fsp3) is 0.500. The molecule has 1 aromatic carbocycles. The normalized spacial score (nSPS) is 20.9. The summed E-state index contributed by atoms with van der Waals surface area (Å²) in [4.78, 5) is 2.14. The summed E-state index contributed by atoms with van der Waals surface area (Å²) in [6.45, 7) is 4.65. The van der Waals surface area contributed by atoms with Gasteiger partial charge in [-0.25, -0.2) is 0 Å². The molecule has 0 amide bonds. The predicted octanol–water partition coefficient (Wildman–Crippen LogP) is 2.38. The number of benzene rings is 1. The first kappa shape index (κ1) is 13.0. The number of halogens is 3. The molecular formula is C12H15F3N2O. The zero-order chi connectivity index (χ0) is 13.2. The molecule has 1 N–H and O–H groups in total. The van der Waals surface area contributed by atoms with Gasteiger partial charge in [-0.3, -0.25) is 0 Å². The van der Waals surface area contributed by atoms with Gasteiger partial charge in [-0.15, -0.1) is 13.2 Å². The van der Waals surface area contributed by atoms with E-state index in [9.17, 15) is 13.2 Å². The number of ether oxygens (including phenoxy) is 1. The number of anilines is 1. The zero-order valence-electron chi connectivity index (χ0n) is 10.00. The van der Waals surface area contributed by atoms with E-state index in [0.717, 1.165) is 25.3 Å². The van der Waals surface area contributed by atoms with Gasteiger partial charge >= 0.3 is 6.36 Å². The van der Waals surface area contributed by atoms with E-state index in [2.05, 4.69) is 21.9 Å². The maximum Gasteiger partial charge on any atom is 0.573 e. The fourth-order valence-corrected chi connectivity index (χ4v) is 2.03. The van der Waals surface area contributed by atoms with Crippen molar-refractivity contribution in [1.82, 2.24) is 5.32 Å². The molecule has 0 aromatic heterocycles. The summed E-state index contributed by atoms with van der Waals surface area (Å²) in [6, 6.07) is 6.37. The van der Waals surface area contributed by atoms with Crippen LogP contribution in [0.15, 0.2) is 24.3 Å². The second-order valence-corrected chi connectivity index (χ2v) is 4.34. The Morgan fingerprint density at radius 1 is 1.28 bits per heavy atom. The van der Waals surface area contributed by atoms with Gasteiger partial charge in [-0.1, -0.05) is 0 Å². The minimum Gasteiger partial charge on any atom is -0.406 e. The molecule has 0 aliphatic carbocycles. The molecule has 1 atom stereocenters. The average molecular weight is 260 g/mol. The summed E-state index contributed by atoms with van der Waals surface area (Å²) in [5, 5.41) is 3.31. The third kappa shape index (κ3) is 3.53. The van der Waals surface area contributed by atoms with Crippen molar-refractivity contribution in [1.29, 1.82) is 0 Å². The van der Waals surface area contributed by atoms with E-state index in [0.29, 0.717) is 6.04 Å². The van der Waals surface area contributed by atoms with Crippen molar-refractivity contribution < 1.29 is 17.9 Å². The van der Waals surface area contributed by atoms with E-state index in [1.807, 2.05) is 0 Å². The van der Waals surface area contributed by atoms with Crippen molar-refractivity contribution in [2.75, 3.05) is 24.5 Å². The van der Waals surface area contributed by atoms with Gasteiger partial charge in [0.25, 0.3) is 0 Å². The second kappa shape index (κ2) is 5.06. The highest BCUT2D eigenvalue weighted by molar-refractivity contribution is 5.49. The summed E-state index contributed by atoms with van der Waals surface area (Å²) in [5.74, 6) is -0.186. The molecule has 1 fully saturated rings. The highest BCUT2D eigenvalue weighted by Gasteiger charge is 2.31. The lowest BCUT2D eigenvalue weighted by atomic mass is 10.2. The van der Waals surface area contributed by atoms with Crippen LogP contribution in [0, 0.1) is 0 Å². The number of alkyl halides is 3. The topological polar surface area (TPSA) is 24.5 Å². The average Bonchev–Trinajstić information content (AvgIpc) is 2.28. The molecule has 0 saturated carbocycles. The van der Waals surface area contributed by atoms with Crippen LogP contribution in [0.25, 0.3) is 0 Å².